The number of imide groups is 1. The van der Waals surface area contributed by atoms with Crippen LogP contribution in [0.1, 0.15) is 6.42 Å². The second-order valence-corrected chi connectivity index (χ2v) is 6.13. The van der Waals surface area contributed by atoms with E-state index in [4.69, 9.17) is 18.9 Å². The predicted molar refractivity (Wildman–Crippen MR) is 107 cm³/mol. The summed E-state index contributed by atoms with van der Waals surface area (Å²) < 4.78 is 25.7. The van der Waals surface area contributed by atoms with Gasteiger partial charge in [-0.1, -0.05) is 0 Å². The molecule has 31 heavy (non-hydrogen) atoms. The lowest BCUT2D eigenvalue weighted by molar-refractivity contribution is -0.137. The molecular formula is C19H31N3O9. The first kappa shape index (κ1) is 26.5. The fraction of sp³-hybridized carbons (Fsp3) is 0.684. The van der Waals surface area contributed by atoms with Crippen LogP contribution >= 0.6 is 0 Å². The standard InChI is InChI=1S/C19H31N3O9/c1-27-19(26)21-6-9-29-11-13-31-15-14-30-12-10-28-8-5-20-16(23)4-7-22-17(24)2-3-18(22)25/h2-3H,4-15H2,1H3,(H,20,23)(H,21,26). The number of hydrogen-bond donors (Lipinski definition) is 2. The van der Waals surface area contributed by atoms with E-state index in [1.807, 2.05) is 0 Å². The van der Waals surface area contributed by atoms with Crippen molar-refractivity contribution in [2.45, 2.75) is 6.42 Å². The van der Waals surface area contributed by atoms with Gasteiger partial charge in [-0.25, -0.2) is 4.79 Å². The Morgan fingerprint density at radius 3 is 1.71 bits per heavy atom. The van der Waals surface area contributed by atoms with E-state index in [2.05, 4.69) is 15.4 Å². The lowest BCUT2D eigenvalue weighted by Crippen LogP contribution is -2.35. The Labute approximate surface area is 181 Å². The van der Waals surface area contributed by atoms with E-state index in [0.717, 1.165) is 4.90 Å². The van der Waals surface area contributed by atoms with Crippen LogP contribution in [0.5, 0.6) is 0 Å². The molecule has 0 atom stereocenters. The van der Waals surface area contributed by atoms with Crippen LogP contribution in [-0.2, 0) is 38.1 Å². The van der Waals surface area contributed by atoms with E-state index < -0.39 is 17.9 Å². The van der Waals surface area contributed by atoms with Crippen LogP contribution in [0.3, 0.4) is 0 Å². The molecule has 0 aromatic rings. The molecule has 0 aromatic carbocycles. The fourth-order valence-corrected chi connectivity index (χ4v) is 2.28. The number of hydrogen-bond acceptors (Lipinski definition) is 9. The monoisotopic (exact) mass is 445 g/mol. The van der Waals surface area contributed by atoms with Gasteiger partial charge in [0.15, 0.2) is 0 Å². The molecule has 0 aliphatic carbocycles. The van der Waals surface area contributed by atoms with Crippen LogP contribution in [0.15, 0.2) is 12.2 Å². The molecule has 2 N–H and O–H groups in total. The quantitative estimate of drug-likeness (QED) is 0.197. The Balaban J connectivity index is 1.78. The minimum absolute atomic E-state index is 0.0533. The van der Waals surface area contributed by atoms with Gasteiger partial charge in [0.05, 0.1) is 60.0 Å². The van der Waals surface area contributed by atoms with E-state index in [1.165, 1.54) is 19.3 Å². The first-order valence-corrected chi connectivity index (χ1v) is 9.97. The van der Waals surface area contributed by atoms with Crippen molar-refractivity contribution >= 4 is 23.8 Å². The summed E-state index contributed by atoms with van der Waals surface area (Å²) in [7, 11) is 1.30. The summed E-state index contributed by atoms with van der Waals surface area (Å²) in [5.41, 5.74) is 0. The third kappa shape index (κ3) is 13.4. The van der Waals surface area contributed by atoms with E-state index >= 15 is 0 Å². The van der Waals surface area contributed by atoms with Gasteiger partial charge < -0.3 is 34.3 Å². The molecule has 4 amide bonds. The Kier molecular flexibility index (Phi) is 14.7. The highest BCUT2D eigenvalue weighted by Gasteiger charge is 2.23. The number of nitrogens with one attached hydrogen (secondary N) is 2. The molecule has 0 aromatic heterocycles. The number of carbonyl (C=O) groups excluding carboxylic acids is 4. The van der Waals surface area contributed by atoms with E-state index in [-0.39, 0.29) is 18.9 Å². The van der Waals surface area contributed by atoms with Gasteiger partial charge in [-0.05, 0) is 0 Å². The molecule has 0 saturated carbocycles. The van der Waals surface area contributed by atoms with Gasteiger partial charge in [0, 0.05) is 38.2 Å². The number of amides is 4. The van der Waals surface area contributed by atoms with Gasteiger partial charge in [0.25, 0.3) is 11.8 Å². The highest BCUT2D eigenvalue weighted by molar-refractivity contribution is 6.13. The molecular weight excluding hydrogens is 414 g/mol. The SMILES string of the molecule is COC(=O)NCCOCCOCCOCCOCCNC(=O)CCN1C(=O)C=CC1=O. The summed E-state index contributed by atoms with van der Waals surface area (Å²) >= 11 is 0. The second kappa shape index (κ2) is 17.2. The van der Waals surface area contributed by atoms with E-state index in [1.54, 1.807) is 0 Å². The smallest absolute Gasteiger partial charge is 0.406 e. The molecule has 0 unspecified atom stereocenters. The minimum Gasteiger partial charge on any atom is -0.453 e. The van der Waals surface area contributed by atoms with Crippen LogP contribution < -0.4 is 10.6 Å². The molecule has 1 aliphatic heterocycles. The van der Waals surface area contributed by atoms with Crippen molar-refractivity contribution in [2.75, 3.05) is 79.6 Å². The number of carbonyl (C=O) groups is 4. The van der Waals surface area contributed by atoms with E-state index in [0.29, 0.717) is 65.9 Å². The van der Waals surface area contributed by atoms with E-state index in [9.17, 15) is 19.2 Å². The molecule has 0 spiro atoms. The van der Waals surface area contributed by atoms with Gasteiger partial charge in [-0.3, -0.25) is 19.3 Å². The minimum atomic E-state index is -0.492. The molecule has 0 saturated heterocycles. The summed E-state index contributed by atoms with van der Waals surface area (Å²) in [4.78, 5) is 46.2. The molecule has 176 valence electrons. The molecule has 1 aliphatic rings. The number of methoxy groups -OCH3 is 1. The first-order valence-electron chi connectivity index (χ1n) is 9.97. The largest absolute Gasteiger partial charge is 0.453 e. The zero-order valence-electron chi connectivity index (χ0n) is 17.8. The topological polar surface area (TPSA) is 142 Å². The molecule has 0 bridgehead atoms. The fourth-order valence-electron chi connectivity index (χ4n) is 2.28. The third-order valence-corrected chi connectivity index (χ3v) is 3.85. The first-order chi connectivity index (χ1) is 15.0. The van der Waals surface area contributed by atoms with Crippen molar-refractivity contribution in [3.05, 3.63) is 12.2 Å². The average Bonchev–Trinajstić information content (AvgIpc) is 3.08. The molecule has 12 heteroatoms. The zero-order valence-corrected chi connectivity index (χ0v) is 17.8. The van der Waals surface area contributed by atoms with Crippen molar-refractivity contribution in [1.82, 2.24) is 15.5 Å². The summed E-state index contributed by atoms with van der Waals surface area (Å²) in [6.45, 7) is 3.95. The van der Waals surface area contributed by atoms with Gasteiger partial charge in [0.2, 0.25) is 5.91 Å². The van der Waals surface area contributed by atoms with Gasteiger partial charge in [-0.2, -0.15) is 0 Å². The van der Waals surface area contributed by atoms with Crippen LogP contribution in [-0.4, -0.2) is 108 Å². The number of alkyl carbamates (subject to hydrolysis) is 1. The Bertz CT molecular complexity index is 580. The van der Waals surface area contributed by atoms with Gasteiger partial charge in [-0.15, -0.1) is 0 Å². The predicted octanol–water partition coefficient (Wildman–Crippen LogP) is -1.16. The molecule has 12 nitrogen and oxygen atoms in total. The highest BCUT2D eigenvalue weighted by atomic mass is 16.6. The average molecular weight is 445 g/mol. The van der Waals surface area contributed by atoms with Gasteiger partial charge in [0.1, 0.15) is 0 Å². The Hall–Kier alpha value is -2.54. The molecule has 0 fully saturated rings. The molecule has 1 heterocycles. The summed E-state index contributed by atoms with van der Waals surface area (Å²) in [5.74, 6) is -1.05. The van der Waals surface area contributed by atoms with Crippen molar-refractivity contribution in [1.29, 1.82) is 0 Å². The maximum atomic E-state index is 11.7. The Morgan fingerprint density at radius 2 is 1.23 bits per heavy atom. The number of rotatable bonds is 18. The lowest BCUT2D eigenvalue weighted by atomic mass is 10.3. The maximum Gasteiger partial charge on any atom is 0.406 e. The van der Waals surface area contributed by atoms with Crippen LogP contribution in [0, 0.1) is 0 Å². The highest BCUT2D eigenvalue weighted by Crippen LogP contribution is 2.03. The van der Waals surface area contributed by atoms with Crippen LogP contribution in [0.2, 0.25) is 0 Å². The van der Waals surface area contributed by atoms with Crippen molar-refractivity contribution in [3.8, 4) is 0 Å². The van der Waals surface area contributed by atoms with Crippen molar-refractivity contribution < 1.29 is 42.9 Å². The Morgan fingerprint density at radius 1 is 0.774 bits per heavy atom. The second-order valence-electron chi connectivity index (χ2n) is 6.13. The number of ether oxygens (including phenoxy) is 5. The summed E-state index contributed by atoms with van der Waals surface area (Å²) in [6, 6.07) is 0. The van der Waals surface area contributed by atoms with Crippen LogP contribution in [0.4, 0.5) is 4.79 Å². The summed E-state index contributed by atoms with van der Waals surface area (Å²) in [6.07, 6.45) is 1.94. The zero-order chi connectivity index (χ0) is 22.7. The lowest BCUT2D eigenvalue weighted by Gasteiger charge is -2.13. The van der Waals surface area contributed by atoms with Gasteiger partial charge >= 0.3 is 6.09 Å². The summed E-state index contributed by atoms with van der Waals surface area (Å²) in [5, 5.41) is 5.15. The van der Waals surface area contributed by atoms with Crippen molar-refractivity contribution in [3.63, 3.8) is 0 Å². The number of nitrogens with zero attached hydrogens (tertiary/aromatic N) is 1. The van der Waals surface area contributed by atoms with Crippen molar-refractivity contribution in [2.24, 2.45) is 0 Å². The third-order valence-electron chi connectivity index (χ3n) is 3.85. The van der Waals surface area contributed by atoms with Crippen LogP contribution in [0.25, 0.3) is 0 Å². The molecule has 0 radical (unpaired) electrons. The normalized spacial score (nSPS) is 13.0. The maximum absolute atomic E-state index is 11.7. The molecule has 1 rings (SSSR count).